The summed E-state index contributed by atoms with van der Waals surface area (Å²) in [5.41, 5.74) is 0. The zero-order valence-electron chi connectivity index (χ0n) is 18.2. The fourth-order valence-corrected chi connectivity index (χ4v) is 3.27. The minimum absolute atomic E-state index is 0.146. The monoisotopic (exact) mass is 406 g/mol. The number of aliphatic hydroxyl groups excluding tert-OH is 2. The number of unbranched alkanes of at least 4 members (excludes halogenated alkanes) is 6. The Morgan fingerprint density at radius 1 is 0.828 bits per heavy atom. The normalized spacial score (nSPS) is 14.6. The number of allylic oxidation sites excluding steroid dienone is 8. The second-order valence-electron chi connectivity index (χ2n) is 7.54. The van der Waals surface area contributed by atoms with Crippen molar-refractivity contribution >= 4 is 5.97 Å². The molecule has 0 bridgehead atoms. The molecule has 0 radical (unpaired) electrons. The van der Waals surface area contributed by atoms with Crippen LogP contribution in [0.25, 0.3) is 0 Å². The smallest absolute Gasteiger partial charge is 0.303 e. The van der Waals surface area contributed by atoms with E-state index >= 15 is 0 Å². The summed E-state index contributed by atoms with van der Waals surface area (Å²) in [5.74, 6) is -0.270. The second-order valence-corrected chi connectivity index (χ2v) is 7.54. The molecule has 29 heavy (non-hydrogen) atoms. The van der Waals surface area contributed by atoms with E-state index in [1.165, 1.54) is 12.8 Å². The van der Waals surface area contributed by atoms with Gasteiger partial charge in [0, 0.05) is 19.6 Å². The van der Waals surface area contributed by atoms with Gasteiger partial charge in [0.2, 0.25) is 0 Å². The lowest BCUT2D eigenvalue weighted by atomic mass is 9.86. The number of carbonyl (C=O) groups is 1. The first-order valence-electron chi connectivity index (χ1n) is 11.3. The molecule has 4 nitrogen and oxygen atoms in total. The molecule has 0 aromatic carbocycles. The highest BCUT2D eigenvalue weighted by molar-refractivity contribution is 5.66. The van der Waals surface area contributed by atoms with Crippen molar-refractivity contribution in [1.82, 2.24) is 0 Å². The molecule has 0 aromatic rings. The third kappa shape index (κ3) is 18.1. The first-order valence-corrected chi connectivity index (χ1v) is 11.3. The minimum Gasteiger partial charge on any atom is -0.481 e. The van der Waals surface area contributed by atoms with E-state index in [0.717, 1.165) is 44.9 Å². The van der Waals surface area contributed by atoms with E-state index in [4.69, 9.17) is 5.11 Å². The van der Waals surface area contributed by atoms with E-state index in [2.05, 4.69) is 19.1 Å². The molecule has 2 unspecified atom stereocenters. The fourth-order valence-electron chi connectivity index (χ4n) is 3.27. The molecule has 0 saturated heterocycles. The molecule has 0 aliphatic carbocycles. The lowest BCUT2D eigenvalue weighted by Gasteiger charge is -2.22. The van der Waals surface area contributed by atoms with Gasteiger partial charge in [0.25, 0.3) is 0 Å². The van der Waals surface area contributed by atoms with Gasteiger partial charge in [0.05, 0.1) is 0 Å². The summed E-state index contributed by atoms with van der Waals surface area (Å²) in [7, 11) is 0. The van der Waals surface area contributed by atoms with Crippen LogP contribution in [-0.4, -0.2) is 34.5 Å². The van der Waals surface area contributed by atoms with Crippen LogP contribution in [0.4, 0.5) is 0 Å². The van der Waals surface area contributed by atoms with E-state index in [0.29, 0.717) is 6.42 Å². The van der Waals surface area contributed by atoms with Gasteiger partial charge in [-0.2, -0.15) is 0 Å². The largest absolute Gasteiger partial charge is 0.481 e. The van der Waals surface area contributed by atoms with Crippen molar-refractivity contribution < 1.29 is 20.1 Å². The van der Waals surface area contributed by atoms with Crippen LogP contribution in [0.15, 0.2) is 48.6 Å². The maximum Gasteiger partial charge on any atom is 0.303 e. The average Bonchev–Trinajstić information content (AvgIpc) is 2.70. The number of carboxylic acid groups (broad SMARTS) is 1. The number of hydrogen-bond acceptors (Lipinski definition) is 3. The Bertz CT molecular complexity index is 491. The molecule has 2 atom stereocenters. The van der Waals surface area contributed by atoms with E-state index in [9.17, 15) is 15.0 Å². The SMILES string of the molecule is CCCCCC(CO)C(C=CC=CC=CC=CCCCCCCC(=O)O)CCO. The van der Waals surface area contributed by atoms with Crippen LogP contribution in [0.2, 0.25) is 0 Å². The summed E-state index contributed by atoms with van der Waals surface area (Å²) >= 11 is 0. The number of hydrogen-bond donors (Lipinski definition) is 3. The number of carboxylic acids is 1. The predicted octanol–water partition coefficient (Wildman–Crippen LogP) is 5.82. The molecule has 0 heterocycles. The molecular formula is C25H42O4. The van der Waals surface area contributed by atoms with Gasteiger partial charge in [0.15, 0.2) is 0 Å². The molecule has 166 valence electrons. The molecular weight excluding hydrogens is 364 g/mol. The number of aliphatic carboxylic acids is 1. The van der Waals surface area contributed by atoms with E-state index in [1.54, 1.807) is 0 Å². The van der Waals surface area contributed by atoms with Gasteiger partial charge in [-0.25, -0.2) is 0 Å². The van der Waals surface area contributed by atoms with Crippen LogP contribution in [-0.2, 0) is 4.79 Å². The van der Waals surface area contributed by atoms with Crippen molar-refractivity contribution in [3.8, 4) is 0 Å². The van der Waals surface area contributed by atoms with Crippen LogP contribution in [0.3, 0.4) is 0 Å². The third-order valence-electron chi connectivity index (χ3n) is 5.04. The maximum absolute atomic E-state index is 10.4. The van der Waals surface area contributed by atoms with Gasteiger partial charge in [-0.05, 0) is 43.9 Å². The molecule has 3 N–H and O–H groups in total. The van der Waals surface area contributed by atoms with Gasteiger partial charge in [-0.15, -0.1) is 0 Å². The molecule has 4 heteroatoms. The highest BCUT2D eigenvalue weighted by Gasteiger charge is 2.17. The van der Waals surface area contributed by atoms with Crippen LogP contribution in [0.1, 0.15) is 77.6 Å². The Morgan fingerprint density at radius 2 is 1.52 bits per heavy atom. The molecule has 0 saturated carbocycles. The first-order chi connectivity index (χ1) is 14.2. The summed E-state index contributed by atoms with van der Waals surface area (Å²) in [6.45, 7) is 2.50. The minimum atomic E-state index is -0.706. The zero-order valence-corrected chi connectivity index (χ0v) is 18.2. The lowest BCUT2D eigenvalue weighted by Crippen LogP contribution is -2.18. The van der Waals surface area contributed by atoms with Crippen molar-refractivity contribution in [2.45, 2.75) is 77.6 Å². The van der Waals surface area contributed by atoms with Gasteiger partial charge in [-0.1, -0.05) is 87.6 Å². The second kappa shape index (κ2) is 21.1. The van der Waals surface area contributed by atoms with Crippen molar-refractivity contribution in [3.63, 3.8) is 0 Å². The molecule has 0 aliphatic heterocycles. The van der Waals surface area contributed by atoms with Gasteiger partial charge >= 0.3 is 5.97 Å². The first kappa shape index (κ1) is 27.4. The molecule has 0 aromatic heterocycles. The molecule has 0 spiro atoms. The summed E-state index contributed by atoms with van der Waals surface area (Å²) in [5, 5.41) is 27.5. The summed E-state index contributed by atoms with van der Waals surface area (Å²) in [4.78, 5) is 10.4. The van der Waals surface area contributed by atoms with E-state index < -0.39 is 5.97 Å². The van der Waals surface area contributed by atoms with Crippen molar-refractivity contribution in [2.75, 3.05) is 13.2 Å². The number of rotatable bonds is 19. The lowest BCUT2D eigenvalue weighted by molar-refractivity contribution is -0.137. The molecule has 0 aliphatic rings. The average molecular weight is 407 g/mol. The third-order valence-corrected chi connectivity index (χ3v) is 5.04. The fraction of sp³-hybridized carbons (Fsp3) is 0.640. The highest BCUT2D eigenvalue weighted by Crippen LogP contribution is 2.23. The van der Waals surface area contributed by atoms with Gasteiger partial charge in [0.1, 0.15) is 0 Å². The molecule has 0 rings (SSSR count). The molecule has 0 fully saturated rings. The Labute approximate surface area is 177 Å². The van der Waals surface area contributed by atoms with E-state index in [-0.39, 0.29) is 31.5 Å². The Morgan fingerprint density at radius 3 is 2.17 bits per heavy atom. The van der Waals surface area contributed by atoms with Crippen LogP contribution in [0, 0.1) is 11.8 Å². The maximum atomic E-state index is 10.4. The van der Waals surface area contributed by atoms with Gasteiger partial charge in [-0.3, -0.25) is 4.79 Å². The Balaban J connectivity index is 4.09. The summed E-state index contributed by atoms with van der Waals surface area (Å²) < 4.78 is 0. The van der Waals surface area contributed by atoms with Crippen LogP contribution in [0.5, 0.6) is 0 Å². The highest BCUT2D eigenvalue weighted by atomic mass is 16.4. The number of aliphatic hydroxyl groups is 2. The van der Waals surface area contributed by atoms with Crippen molar-refractivity contribution in [3.05, 3.63) is 48.6 Å². The summed E-state index contributed by atoms with van der Waals surface area (Å²) in [6, 6.07) is 0. The van der Waals surface area contributed by atoms with E-state index in [1.807, 2.05) is 36.5 Å². The van der Waals surface area contributed by atoms with Crippen molar-refractivity contribution in [2.24, 2.45) is 11.8 Å². The van der Waals surface area contributed by atoms with Crippen LogP contribution < -0.4 is 0 Å². The zero-order chi connectivity index (χ0) is 21.6. The predicted molar refractivity (Wildman–Crippen MR) is 122 cm³/mol. The Hall–Kier alpha value is -1.65. The van der Waals surface area contributed by atoms with Crippen LogP contribution >= 0.6 is 0 Å². The Kier molecular flexibility index (Phi) is 19.9. The molecule has 0 amide bonds. The van der Waals surface area contributed by atoms with Gasteiger partial charge < -0.3 is 15.3 Å². The van der Waals surface area contributed by atoms with Crippen molar-refractivity contribution in [1.29, 1.82) is 0 Å². The standard InChI is InChI=1S/C25H42O4/c1-2-3-14-18-24(22-27)23(20-21-26)17-15-12-10-8-6-4-5-7-9-11-13-16-19-25(28)29/h4-6,8,10,12,15,17,23-24,26-27H,2-3,7,9,11,13-14,16,18-22H2,1H3,(H,28,29). The topological polar surface area (TPSA) is 77.8 Å². The summed E-state index contributed by atoms with van der Waals surface area (Å²) in [6.07, 6.45) is 26.7. The quantitative estimate of drug-likeness (QED) is 0.186.